The Balaban J connectivity index is 1.41. The number of likely N-dealkylation sites (tertiary alicyclic amines) is 1. The van der Waals surface area contributed by atoms with Crippen molar-refractivity contribution in [1.82, 2.24) is 14.9 Å². The van der Waals surface area contributed by atoms with Gasteiger partial charge in [0, 0.05) is 27.9 Å². The summed E-state index contributed by atoms with van der Waals surface area (Å²) in [5, 5.41) is 15.3. The Hall–Kier alpha value is -2.27. The molecule has 0 amide bonds. The fraction of sp³-hybridized carbons (Fsp3) is 0.409. The highest BCUT2D eigenvalue weighted by molar-refractivity contribution is 7.13. The minimum atomic E-state index is 0.376. The predicted octanol–water partition coefficient (Wildman–Crippen LogP) is 5.89. The molecule has 0 saturated carbocycles. The summed E-state index contributed by atoms with van der Waals surface area (Å²) in [4.78, 5) is 14.6. The maximum Gasteiger partial charge on any atom is 0.188 e. The van der Waals surface area contributed by atoms with Crippen molar-refractivity contribution in [2.45, 2.75) is 51.6 Å². The Morgan fingerprint density at radius 2 is 2.21 bits per heavy atom. The largest absolute Gasteiger partial charge is 0.316 e. The number of thiophene rings is 1. The van der Waals surface area contributed by atoms with E-state index in [0.717, 1.165) is 30.3 Å². The van der Waals surface area contributed by atoms with Crippen molar-refractivity contribution in [2.75, 3.05) is 11.9 Å². The van der Waals surface area contributed by atoms with Crippen molar-refractivity contribution in [2.24, 2.45) is 0 Å². The lowest BCUT2D eigenvalue weighted by Gasteiger charge is -2.22. The van der Waals surface area contributed by atoms with Crippen molar-refractivity contribution >= 4 is 33.6 Å². The van der Waals surface area contributed by atoms with Gasteiger partial charge in [-0.05, 0) is 56.5 Å². The van der Waals surface area contributed by atoms with Crippen LogP contribution >= 0.6 is 22.7 Å². The van der Waals surface area contributed by atoms with Crippen LogP contribution in [-0.4, -0.2) is 21.4 Å². The molecule has 0 bridgehead atoms. The second-order valence-electron chi connectivity index (χ2n) is 7.34. The van der Waals surface area contributed by atoms with Gasteiger partial charge >= 0.3 is 0 Å². The first-order chi connectivity index (χ1) is 14.2. The molecule has 1 fully saturated rings. The highest BCUT2D eigenvalue weighted by atomic mass is 32.1. The second kappa shape index (κ2) is 9.49. The SMILES string of the molecule is CCCCc1ccc(CN2CCC[C@@H]2c2csc(Nc3cc(C#N)ccn3)n2)s1. The lowest BCUT2D eigenvalue weighted by Crippen LogP contribution is -2.22. The zero-order valence-corrected chi connectivity index (χ0v) is 18.2. The molecule has 1 saturated heterocycles. The Kier molecular flexibility index (Phi) is 6.55. The van der Waals surface area contributed by atoms with Crippen molar-refractivity contribution in [3.63, 3.8) is 0 Å². The zero-order valence-electron chi connectivity index (χ0n) is 16.6. The molecule has 0 spiro atoms. The number of anilines is 2. The lowest BCUT2D eigenvalue weighted by molar-refractivity contribution is 0.247. The van der Waals surface area contributed by atoms with Gasteiger partial charge < -0.3 is 5.32 Å². The van der Waals surface area contributed by atoms with Gasteiger partial charge in [0.05, 0.1) is 23.4 Å². The number of nitrogens with one attached hydrogen (secondary N) is 1. The van der Waals surface area contributed by atoms with E-state index in [-0.39, 0.29) is 0 Å². The summed E-state index contributed by atoms with van der Waals surface area (Å²) in [5.41, 5.74) is 1.73. The average molecular weight is 424 g/mol. The van der Waals surface area contributed by atoms with Gasteiger partial charge in [0.25, 0.3) is 0 Å². The minimum Gasteiger partial charge on any atom is -0.316 e. The topological polar surface area (TPSA) is 64.8 Å². The average Bonchev–Trinajstić information content (AvgIpc) is 3.48. The summed E-state index contributed by atoms with van der Waals surface area (Å²) in [6.45, 7) is 4.38. The zero-order chi connectivity index (χ0) is 20.1. The van der Waals surface area contributed by atoms with Gasteiger partial charge in [-0.25, -0.2) is 9.97 Å². The summed E-state index contributed by atoms with van der Waals surface area (Å²) in [6.07, 6.45) is 7.73. The van der Waals surface area contributed by atoms with Crippen LogP contribution in [0.25, 0.3) is 0 Å². The van der Waals surface area contributed by atoms with Gasteiger partial charge in [-0.1, -0.05) is 13.3 Å². The van der Waals surface area contributed by atoms with E-state index in [1.165, 1.54) is 35.4 Å². The molecule has 0 unspecified atom stereocenters. The van der Waals surface area contributed by atoms with Gasteiger partial charge in [0.2, 0.25) is 0 Å². The van der Waals surface area contributed by atoms with Gasteiger partial charge in [-0.3, -0.25) is 4.90 Å². The molecule has 3 aromatic rings. The van der Waals surface area contributed by atoms with E-state index < -0.39 is 0 Å². The van der Waals surface area contributed by atoms with Crippen LogP contribution < -0.4 is 5.32 Å². The highest BCUT2D eigenvalue weighted by Gasteiger charge is 2.28. The first-order valence-electron chi connectivity index (χ1n) is 10.2. The quantitative estimate of drug-likeness (QED) is 0.489. The molecule has 0 aliphatic carbocycles. The molecule has 0 aromatic carbocycles. The molecule has 4 heterocycles. The van der Waals surface area contributed by atoms with Crippen LogP contribution in [0.4, 0.5) is 10.9 Å². The van der Waals surface area contributed by atoms with Crippen LogP contribution in [0, 0.1) is 11.3 Å². The summed E-state index contributed by atoms with van der Waals surface area (Å²) in [6, 6.07) is 10.6. The first-order valence-corrected chi connectivity index (χ1v) is 11.8. The first kappa shape index (κ1) is 20.0. The molecule has 0 radical (unpaired) electrons. The Morgan fingerprint density at radius 3 is 3.07 bits per heavy atom. The number of nitriles is 1. The molecule has 1 aliphatic rings. The van der Waals surface area contributed by atoms with E-state index >= 15 is 0 Å². The summed E-state index contributed by atoms with van der Waals surface area (Å²) in [7, 11) is 0. The number of aryl methyl sites for hydroxylation is 1. The number of thiazole rings is 1. The Morgan fingerprint density at radius 1 is 1.31 bits per heavy atom. The molecule has 7 heteroatoms. The predicted molar refractivity (Wildman–Crippen MR) is 120 cm³/mol. The fourth-order valence-electron chi connectivity index (χ4n) is 3.72. The maximum absolute atomic E-state index is 9.05. The number of rotatable bonds is 8. The summed E-state index contributed by atoms with van der Waals surface area (Å²) >= 11 is 3.56. The van der Waals surface area contributed by atoms with E-state index in [1.54, 1.807) is 29.7 Å². The number of unbranched alkanes of at least 4 members (excludes halogenated alkanes) is 1. The van der Waals surface area contributed by atoms with Crippen LogP contribution in [-0.2, 0) is 13.0 Å². The third-order valence-corrected chi connectivity index (χ3v) is 7.11. The van der Waals surface area contributed by atoms with Crippen LogP contribution in [0.5, 0.6) is 0 Å². The van der Waals surface area contributed by atoms with E-state index in [2.05, 4.69) is 45.7 Å². The highest BCUT2D eigenvalue weighted by Crippen LogP contribution is 2.36. The van der Waals surface area contributed by atoms with Crippen molar-refractivity contribution in [3.8, 4) is 6.07 Å². The number of hydrogen-bond acceptors (Lipinski definition) is 7. The maximum atomic E-state index is 9.05. The Bertz CT molecular complexity index is 987. The van der Waals surface area contributed by atoms with Crippen LogP contribution in [0.2, 0.25) is 0 Å². The molecule has 29 heavy (non-hydrogen) atoms. The van der Waals surface area contributed by atoms with Crippen molar-refractivity contribution in [3.05, 3.63) is 56.9 Å². The van der Waals surface area contributed by atoms with E-state index in [4.69, 9.17) is 10.2 Å². The third kappa shape index (κ3) is 5.02. The second-order valence-corrected chi connectivity index (χ2v) is 9.46. The van der Waals surface area contributed by atoms with Crippen LogP contribution in [0.15, 0.2) is 35.8 Å². The lowest BCUT2D eigenvalue weighted by atomic mass is 10.1. The third-order valence-electron chi connectivity index (χ3n) is 5.20. The van der Waals surface area contributed by atoms with Crippen LogP contribution in [0.1, 0.15) is 59.7 Å². The Labute approximate surface area is 180 Å². The summed E-state index contributed by atoms with van der Waals surface area (Å²) in [5.74, 6) is 0.659. The van der Waals surface area contributed by atoms with Crippen molar-refractivity contribution < 1.29 is 0 Å². The number of hydrogen-bond donors (Lipinski definition) is 1. The molecule has 1 aliphatic heterocycles. The normalized spacial score (nSPS) is 16.8. The standard InChI is InChI=1S/C22H25N5S2/c1-2-3-5-17-7-8-18(29-17)14-27-11-4-6-20(27)19-15-28-22(25-19)26-21-12-16(13-23)9-10-24-21/h7-10,12,15,20H,2-6,11,14H2,1H3,(H,24,25,26)/t20-/m1/s1. The molecular weight excluding hydrogens is 398 g/mol. The van der Waals surface area contributed by atoms with Crippen molar-refractivity contribution in [1.29, 1.82) is 5.26 Å². The molecule has 1 atom stereocenters. The monoisotopic (exact) mass is 423 g/mol. The molecule has 4 rings (SSSR count). The number of nitrogens with zero attached hydrogens (tertiary/aromatic N) is 4. The molecule has 150 valence electrons. The molecular formula is C22H25N5S2. The van der Waals surface area contributed by atoms with Gasteiger partial charge in [0.1, 0.15) is 5.82 Å². The van der Waals surface area contributed by atoms with Gasteiger partial charge in [-0.15, -0.1) is 22.7 Å². The molecule has 1 N–H and O–H groups in total. The number of aromatic nitrogens is 2. The smallest absolute Gasteiger partial charge is 0.188 e. The minimum absolute atomic E-state index is 0.376. The fourth-order valence-corrected chi connectivity index (χ4v) is 5.57. The van der Waals surface area contributed by atoms with Gasteiger partial charge in [-0.2, -0.15) is 5.26 Å². The summed E-state index contributed by atoms with van der Waals surface area (Å²) < 4.78 is 0. The van der Waals surface area contributed by atoms with E-state index in [0.29, 0.717) is 17.4 Å². The van der Waals surface area contributed by atoms with E-state index in [9.17, 15) is 0 Å². The molecule has 3 aromatic heterocycles. The van der Waals surface area contributed by atoms with Gasteiger partial charge in [0.15, 0.2) is 5.13 Å². The molecule has 5 nitrogen and oxygen atoms in total. The van der Waals surface area contributed by atoms with Crippen LogP contribution in [0.3, 0.4) is 0 Å². The number of pyridine rings is 1. The van der Waals surface area contributed by atoms with E-state index in [1.807, 2.05) is 11.3 Å².